The van der Waals surface area contributed by atoms with Crippen molar-refractivity contribution in [2.45, 2.75) is 32.7 Å². The van der Waals surface area contributed by atoms with E-state index in [1.54, 1.807) is 16.8 Å². The molecule has 0 spiro atoms. The number of halogens is 1. The Bertz CT molecular complexity index is 1140. The first-order valence-electron chi connectivity index (χ1n) is 10.1. The zero-order valence-electron chi connectivity index (χ0n) is 17.4. The van der Waals surface area contributed by atoms with E-state index < -0.39 is 6.04 Å². The first-order chi connectivity index (χ1) is 15.0. The number of aliphatic hydroxyl groups excluding tert-OH is 1. The van der Waals surface area contributed by atoms with E-state index in [-0.39, 0.29) is 12.5 Å². The molecule has 4 rings (SSSR count). The Morgan fingerprint density at radius 2 is 1.94 bits per heavy atom. The van der Waals surface area contributed by atoms with Crippen LogP contribution in [0.1, 0.15) is 36.3 Å². The van der Waals surface area contributed by atoms with E-state index in [1.165, 1.54) is 0 Å². The highest BCUT2D eigenvalue weighted by atomic mass is 35.5. The lowest BCUT2D eigenvalue weighted by Gasteiger charge is -2.29. The second-order valence-corrected chi connectivity index (χ2v) is 7.95. The summed E-state index contributed by atoms with van der Waals surface area (Å²) in [5.41, 5.74) is 3.88. The van der Waals surface area contributed by atoms with Gasteiger partial charge in [0.1, 0.15) is 6.04 Å². The monoisotopic (exact) mass is 437 g/mol. The number of rotatable bonds is 6. The van der Waals surface area contributed by atoms with Crippen molar-refractivity contribution in [2.24, 2.45) is 0 Å². The second kappa shape index (κ2) is 8.91. The highest BCUT2D eigenvalue weighted by molar-refractivity contribution is 6.30. The molecule has 1 amide bonds. The Morgan fingerprint density at radius 3 is 2.65 bits per heavy atom. The van der Waals surface area contributed by atoms with E-state index in [1.807, 2.05) is 50.2 Å². The minimum absolute atomic E-state index is 0.0687. The molecule has 0 fully saturated rings. The van der Waals surface area contributed by atoms with Gasteiger partial charge in [-0.25, -0.2) is 4.68 Å². The number of para-hydroxylation sites is 1. The summed E-state index contributed by atoms with van der Waals surface area (Å²) in [5, 5.41) is 20.7. The summed E-state index contributed by atoms with van der Waals surface area (Å²) in [5.74, 6) is 0.971. The molecule has 2 aromatic carbocycles. The first kappa shape index (κ1) is 21.1. The summed E-state index contributed by atoms with van der Waals surface area (Å²) in [6, 6.07) is 14.6. The summed E-state index contributed by atoms with van der Waals surface area (Å²) in [6.45, 7) is 3.89. The summed E-state index contributed by atoms with van der Waals surface area (Å²) in [6.07, 6.45) is 1.12. The van der Waals surface area contributed by atoms with Crippen molar-refractivity contribution >= 4 is 29.1 Å². The van der Waals surface area contributed by atoms with Gasteiger partial charge in [0, 0.05) is 29.4 Å². The van der Waals surface area contributed by atoms with Crippen LogP contribution in [0, 0.1) is 6.92 Å². The normalized spacial score (nSPS) is 15.4. The highest BCUT2D eigenvalue weighted by Gasteiger charge is 2.34. The van der Waals surface area contributed by atoms with E-state index in [4.69, 9.17) is 16.7 Å². The van der Waals surface area contributed by atoms with Gasteiger partial charge in [-0.15, -0.1) is 0 Å². The number of fused-ring (bicyclic) bond motifs is 1. The van der Waals surface area contributed by atoms with E-state index in [0.717, 1.165) is 16.8 Å². The quantitative estimate of drug-likeness (QED) is 0.540. The Morgan fingerprint density at radius 1 is 1.19 bits per heavy atom. The average Bonchev–Trinajstić information content (AvgIpc) is 3.15. The van der Waals surface area contributed by atoms with Gasteiger partial charge in [-0.2, -0.15) is 10.1 Å². The molecule has 3 N–H and O–H groups in total. The standard InChI is InChI=1S/C23H24ClN5O2/c1-14-6-3-4-7-18(14)26-22(31)20-15(2)25-23-27-19(8-5-13-30)28-29(23)21(20)16-9-11-17(24)12-10-16/h3-4,6-7,9-12,21,30H,5,8,13H2,1-2H3,(H,26,31)(H,25,27,28). The van der Waals surface area contributed by atoms with Crippen LogP contribution in [0.2, 0.25) is 5.02 Å². The van der Waals surface area contributed by atoms with Crippen molar-refractivity contribution in [3.8, 4) is 0 Å². The van der Waals surface area contributed by atoms with Gasteiger partial charge in [0.25, 0.3) is 5.91 Å². The SMILES string of the molecule is CC1=C(C(=O)Nc2ccccc2C)C(c2ccc(Cl)cc2)n2nc(CCCO)nc2N1. The Balaban J connectivity index is 1.76. The van der Waals surface area contributed by atoms with Gasteiger partial charge in [0.2, 0.25) is 5.95 Å². The van der Waals surface area contributed by atoms with Crippen molar-refractivity contribution in [3.05, 3.63) is 81.8 Å². The number of hydrogen-bond donors (Lipinski definition) is 3. The van der Waals surface area contributed by atoms with Crippen molar-refractivity contribution in [2.75, 3.05) is 17.2 Å². The van der Waals surface area contributed by atoms with Gasteiger partial charge >= 0.3 is 0 Å². The maximum Gasteiger partial charge on any atom is 0.255 e. The van der Waals surface area contributed by atoms with Crippen LogP contribution < -0.4 is 10.6 Å². The molecule has 1 aliphatic heterocycles. The number of nitrogens with one attached hydrogen (secondary N) is 2. The number of nitrogens with zero attached hydrogens (tertiary/aromatic N) is 3. The number of allylic oxidation sites excluding steroid dienone is 1. The molecule has 1 aliphatic rings. The third kappa shape index (κ3) is 4.33. The average molecular weight is 438 g/mol. The fraction of sp³-hybridized carbons (Fsp3) is 0.261. The van der Waals surface area contributed by atoms with Crippen LogP contribution in [-0.4, -0.2) is 32.4 Å². The van der Waals surface area contributed by atoms with Gasteiger partial charge in [0.15, 0.2) is 5.82 Å². The van der Waals surface area contributed by atoms with Crippen LogP contribution in [0.15, 0.2) is 59.8 Å². The molecule has 7 nitrogen and oxygen atoms in total. The molecule has 3 aromatic rings. The molecule has 0 saturated carbocycles. The molecule has 8 heteroatoms. The summed E-state index contributed by atoms with van der Waals surface area (Å²) >= 11 is 6.10. The van der Waals surface area contributed by atoms with Crippen molar-refractivity contribution in [1.82, 2.24) is 14.8 Å². The second-order valence-electron chi connectivity index (χ2n) is 7.51. The maximum absolute atomic E-state index is 13.4. The number of carbonyl (C=O) groups excluding carboxylic acids is 1. The van der Waals surface area contributed by atoms with Crippen LogP contribution in [0.4, 0.5) is 11.6 Å². The zero-order valence-corrected chi connectivity index (χ0v) is 18.1. The predicted molar refractivity (Wildman–Crippen MR) is 121 cm³/mol. The molecule has 1 atom stereocenters. The molecule has 1 unspecified atom stereocenters. The third-order valence-electron chi connectivity index (χ3n) is 5.28. The molecule has 0 radical (unpaired) electrons. The number of amides is 1. The number of benzene rings is 2. The summed E-state index contributed by atoms with van der Waals surface area (Å²) in [7, 11) is 0. The van der Waals surface area contributed by atoms with E-state index in [9.17, 15) is 4.79 Å². The topological polar surface area (TPSA) is 92.1 Å². The highest BCUT2D eigenvalue weighted by Crippen LogP contribution is 2.36. The van der Waals surface area contributed by atoms with Crippen molar-refractivity contribution < 1.29 is 9.90 Å². The number of anilines is 2. The van der Waals surface area contributed by atoms with Crippen LogP contribution >= 0.6 is 11.6 Å². The van der Waals surface area contributed by atoms with Crippen LogP contribution in [-0.2, 0) is 11.2 Å². The summed E-state index contributed by atoms with van der Waals surface area (Å²) < 4.78 is 1.73. The number of aryl methyl sites for hydroxylation is 2. The van der Waals surface area contributed by atoms with Gasteiger partial charge < -0.3 is 15.7 Å². The van der Waals surface area contributed by atoms with Gasteiger partial charge in [-0.05, 0) is 49.6 Å². The zero-order chi connectivity index (χ0) is 22.0. The molecule has 0 bridgehead atoms. The lowest BCUT2D eigenvalue weighted by molar-refractivity contribution is -0.113. The molecular formula is C23H24ClN5O2. The minimum Gasteiger partial charge on any atom is -0.396 e. The first-order valence-corrected chi connectivity index (χ1v) is 10.5. The fourth-order valence-corrected chi connectivity index (χ4v) is 3.81. The number of aliphatic hydroxyl groups is 1. The molecule has 1 aromatic heterocycles. The van der Waals surface area contributed by atoms with Gasteiger partial charge in [-0.1, -0.05) is 41.9 Å². The summed E-state index contributed by atoms with van der Waals surface area (Å²) in [4.78, 5) is 18.0. The number of carbonyl (C=O) groups is 1. The minimum atomic E-state index is -0.465. The molecule has 0 saturated heterocycles. The predicted octanol–water partition coefficient (Wildman–Crippen LogP) is 4.09. The Labute approximate surface area is 185 Å². The maximum atomic E-state index is 13.4. The van der Waals surface area contributed by atoms with Crippen molar-refractivity contribution in [1.29, 1.82) is 0 Å². The van der Waals surface area contributed by atoms with E-state index in [0.29, 0.717) is 40.9 Å². The molecule has 160 valence electrons. The number of aromatic nitrogens is 3. The van der Waals surface area contributed by atoms with E-state index in [2.05, 4.69) is 20.7 Å². The lowest BCUT2D eigenvalue weighted by Crippen LogP contribution is -2.31. The van der Waals surface area contributed by atoms with E-state index >= 15 is 0 Å². The number of hydrogen-bond acceptors (Lipinski definition) is 5. The molecule has 2 heterocycles. The van der Waals surface area contributed by atoms with Crippen LogP contribution in [0.5, 0.6) is 0 Å². The largest absolute Gasteiger partial charge is 0.396 e. The van der Waals surface area contributed by atoms with Crippen LogP contribution in [0.25, 0.3) is 0 Å². The van der Waals surface area contributed by atoms with Gasteiger partial charge in [0.05, 0.1) is 5.57 Å². The smallest absolute Gasteiger partial charge is 0.255 e. The lowest BCUT2D eigenvalue weighted by atomic mass is 9.95. The van der Waals surface area contributed by atoms with Crippen LogP contribution in [0.3, 0.4) is 0 Å². The van der Waals surface area contributed by atoms with Gasteiger partial charge in [-0.3, -0.25) is 4.79 Å². The fourth-order valence-electron chi connectivity index (χ4n) is 3.69. The Hall–Kier alpha value is -3.16. The Kier molecular flexibility index (Phi) is 6.06. The van der Waals surface area contributed by atoms with Crippen molar-refractivity contribution in [3.63, 3.8) is 0 Å². The third-order valence-corrected chi connectivity index (χ3v) is 5.53. The molecule has 31 heavy (non-hydrogen) atoms. The molecular weight excluding hydrogens is 414 g/mol. The molecule has 0 aliphatic carbocycles.